The summed E-state index contributed by atoms with van der Waals surface area (Å²) in [6.45, 7) is 6.17. The Balaban J connectivity index is 1.86. The Bertz CT molecular complexity index is 1360. The number of nitrogen functional groups attached to an aromatic ring is 1. The van der Waals surface area contributed by atoms with Crippen LogP contribution in [0.4, 0.5) is 5.82 Å². The molecule has 1 atom stereocenters. The van der Waals surface area contributed by atoms with E-state index in [-0.39, 0.29) is 29.1 Å². The number of hydrogen-bond acceptors (Lipinski definition) is 7. The number of amides is 1. The van der Waals surface area contributed by atoms with Gasteiger partial charge in [-0.05, 0) is 56.2 Å². The van der Waals surface area contributed by atoms with Crippen LogP contribution >= 0.6 is 0 Å². The zero-order valence-corrected chi connectivity index (χ0v) is 18.7. The maximum Gasteiger partial charge on any atom is 0.257 e. The van der Waals surface area contributed by atoms with Gasteiger partial charge in [0.1, 0.15) is 16.9 Å². The molecule has 4 N–H and O–H groups in total. The number of phenols is 1. The van der Waals surface area contributed by atoms with E-state index in [4.69, 9.17) is 10.5 Å². The third-order valence-electron chi connectivity index (χ3n) is 5.30. The molecule has 2 aromatic carbocycles. The van der Waals surface area contributed by atoms with Crippen LogP contribution in [0.2, 0.25) is 0 Å². The number of nitrogens with two attached hydrogens (primary N) is 1. The average molecular weight is 447 g/mol. The highest BCUT2D eigenvalue weighted by atomic mass is 16.5. The van der Waals surface area contributed by atoms with Crippen molar-refractivity contribution in [2.45, 2.75) is 33.2 Å². The van der Waals surface area contributed by atoms with Crippen LogP contribution in [-0.2, 0) is 0 Å². The normalized spacial score (nSPS) is 12.5. The van der Waals surface area contributed by atoms with E-state index < -0.39 is 0 Å². The molecule has 33 heavy (non-hydrogen) atoms. The summed E-state index contributed by atoms with van der Waals surface area (Å²) in [7, 11) is 0. The monoisotopic (exact) mass is 446 g/mol. The largest absolute Gasteiger partial charge is 0.504 e. The molecule has 2 heterocycles. The van der Waals surface area contributed by atoms with Gasteiger partial charge in [0.25, 0.3) is 5.91 Å². The van der Waals surface area contributed by atoms with Crippen molar-refractivity contribution in [3.05, 3.63) is 53.6 Å². The first kappa shape index (κ1) is 22.1. The van der Waals surface area contributed by atoms with Crippen LogP contribution in [0, 0.1) is 0 Å². The Labute approximate surface area is 190 Å². The molecule has 4 aromatic rings. The second-order valence-corrected chi connectivity index (χ2v) is 7.64. The van der Waals surface area contributed by atoms with Gasteiger partial charge in [-0.1, -0.05) is 19.1 Å². The quantitative estimate of drug-likeness (QED) is 0.372. The molecular weight excluding hydrogens is 420 g/mol. The summed E-state index contributed by atoms with van der Waals surface area (Å²) in [6, 6.07) is 12.3. The van der Waals surface area contributed by atoms with Crippen molar-refractivity contribution in [2.75, 3.05) is 12.3 Å². The van der Waals surface area contributed by atoms with Crippen molar-refractivity contribution in [2.24, 2.45) is 5.10 Å². The highest BCUT2D eigenvalue weighted by molar-refractivity contribution is 6.10. The molecule has 0 bridgehead atoms. The van der Waals surface area contributed by atoms with E-state index in [1.54, 1.807) is 18.3 Å². The summed E-state index contributed by atoms with van der Waals surface area (Å²) in [5, 5.41) is 17.4. The van der Waals surface area contributed by atoms with E-state index in [2.05, 4.69) is 20.4 Å². The predicted molar refractivity (Wildman–Crippen MR) is 129 cm³/mol. The van der Waals surface area contributed by atoms with Crippen LogP contribution in [0.1, 0.15) is 43.1 Å². The molecule has 0 radical (unpaired) electrons. The second kappa shape index (κ2) is 9.15. The molecule has 0 saturated heterocycles. The zero-order valence-electron chi connectivity index (χ0n) is 18.7. The van der Waals surface area contributed by atoms with E-state index in [1.165, 1.54) is 10.7 Å². The number of ether oxygens (including phenoxy) is 1. The molecular formula is C24H26N6O3. The number of benzene rings is 2. The van der Waals surface area contributed by atoms with Crippen LogP contribution in [0.5, 0.6) is 11.5 Å². The molecule has 170 valence electrons. The van der Waals surface area contributed by atoms with Crippen molar-refractivity contribution >= 4 is 40.1 Å². The first-order valence-corrected chi connectivity index (χ1v) is 10.8. The first-order chi connectivity index (χ1) is 15.9. The van der Waals surface area contributed by atoms with Gasteiger partial charge in [-0.25, -0.2) is 9.97 Å². The number of nitrogens with one attached hydrogen (secondary N) is 1. The molecule has 0 aliphatic rings. The molecule has 0 spiro atoms. The summed E-state index contributed by atoms with van der Waals surface area (Å²) in [5.74, 6) is 0.210. The number of aromatic nitrogens is 3. The molecule has 0 aliphatic carbocycles. The minimum absolute atomic E-state index is 0.0267. The van der Waals surface area contributed by atoms with Crippen LogP contribution in [-0.4, -0.2) is 44.5 Å². The Kier molecular flexibility index (Phi) is 6.12. The van der Waals surface area contributed by atoms with Crippen LogP contribution in [0.15, 0.2) is 47.6 Å². The average Bonchev–Trinajstić information content (AvgIpc) is 3.08. The smallest absolute Gasteiger partial charge is 0.257 e. The number of aromatic hydroxyl groups is 1. The number of anilines is 1. The SMILES string of the molecule is CCOc1cc(C=Nn2c(N)c(C(=O)NC(C)CC)c3nc4ccccc4nc32)ccc1O. The lowest BCUT2D eigenvalue weighted by molar-refractivity contribution is 0.0941. The summed E-state index contributed by atoms with van der Waals surface area (Å²) in [4.78, 5) is 22.4. The molecule has 9 heteroatoms. The molecule has 4 rings (SSSR count). The molecule has 0 aliphatic heterocycles. The predicted octanol–water partition coefficient (Wildman–Crippen LogP) is 3.68. The van der Waals surface area contributed by atoms with Crippen molar-refractivity contribution in [1.29, 1.82) is 0 Å². The van der Waals surface area contributed by atoms with Gasteiger partial charge in [-0.2, -0.15) is 9.78 Å². The number of nitrogens with zero attached hydrogens (tertiary/aromatic N) is 4. The molecule has 0 saturated carbocycles. The van der Waals surface area contributed by atoms with Crippen molar-refractivity contribution < 1.29 is 14.6 Å². The Morgan fingerprint density at radius 1 is 1.24 bits per heavy atom. The lowest BCUT2D eigenvalue weighted by Gasteiger charge is -2.11. The zero-order chi connectivity index (χ0) is 23.5. The third kappa shape index (κ3) is 4.30. The van der Waals surface area contributed by atoms with E-state index in [9.17, 15) is 9.90 Å². The van der Waals surface area contributed by atoms with E-state index >= 15 is 0 Å². The Morgan fingerprint density at radius 2 is 1.97 bits per heavy atom. The summed E-state index contributed by atoms with van der Waals surface area (Å²) in [5.41, 5.74) is 9.40. The van der Waals surface area contributed by atoms with E-state index in [0.29, 0.717) is 40.1 Å². The fraction of sp³-hybridized carbons (Fsp3) is 0.250. The van der Waals surface area contributed by atoms with Gasteiger partial charge >= 0.3 is 0 Å². The fourth-order valence-corrected chi connectivity index (χ4v) is 3.39. The number of phenolic OH excluding ortho intramolecular Hbond substituents is 1. The number of hydrogen-bond donors (Lipinski definition) is 3. The molecule has 1 amide bonds. The molecule has 1 unspecified atom stereocenters. The van der Waals surface area contributed by atoms with Crippen LogP contribution in [0.3, 0.4) is 0 Å². The van der Waals surface area contributed by atoms with Gasteiger partial charge in [0.15, 0.2) is 17.1 Å². The van der Waals surface area contributed by atoms with Gasteiger partial charge in [0.2, 0.25) is 0 Å². The maximum absolute atomic E-state index is 13.1. The highest BCUT2D eigenvalue weighted by Gasteiger charge is 2.24. The molecule has 9 nitrogen and oxygen atoms in total. The lowest BCUT2D eigenvalue weighted by Crippen LogP contribution is -2.32. The second-order valence-electron chi connectivity index (χ2n) is 7.64. The number of rotatable bonds is 7. The highest BCUT2D eigenvalue weighted by Crippen LogP contribution is 2.29. The van der Waals surface area contributed by atoms with Crippen molar-refractivity contribution in [1.82, 2.24) is 20.0 Å². The van der Waals surface area contributed by atoms with Gasteiger partial charge in [0.05, 0.1) is 23.9 Å². The van der Waals surface area contributed by atoms with Gasteiger partial charge in [-0.3, -0.25) is 4.79 Å². The number of carbonyl (C=O) groups is 1. The standard InChI is InChI=1S/C24H26N6O3/c1-4-14(3)27-24(32)20-21-23(29-17-9-7-6-8-16(17)28-21)30(22(20)25)26-13-15-10-11-18(31)19(12-15)33-5-2/h6-14,31H,4-5,25H2,1-3H3,(H,27,32). The Morgan fingerprint density at radius 3 is 2.67 bits per heavy atom. The van der Waals surface area contributed by atoms with E-state index in [1.807, 2.05) is 45.0 Å². The van der Waals surface area contributed by atoms with Crippen molar-refractivity contribution in [3.63, 3.8) is 0 Å². The third-order valence-corrected chi connectivity index (χ3v) is 5.30. The van der Waals surface area contributed by atoms with Gasteiger partial charge in [0, 0.05) is 6.04 Å². The Hall–Kier alpha value is -4.14. The number of fused-ring (bicyclic) bond motifs is 2. The maximum atomic E-state index is 13.1. The molecule has 0 fully saturated rings. The first-order valence-electron chi connectivity index (χ1n) is 10.8. The van der Waals surface area contributed by atoms with Gasteiger partial charge < -0.3 is 20.9 Å². The minimum Gasteiger partial charge on any atom is -0.504 e. The van der Waals surface area contributed by atoms with E-state index in [0.717, 1.165) is 6.42 Å². The van der Waals surface area contributed by atoms with Crippen LogP contribution in [0.25, 0.3) is 22.2 Å². The van der Waals surface area contributed by atoms with Crippen molar-refractivity contribution in [3.8, 4) is 11.5 Å². The van der Waals surface area contributed by atoms with Crippen LogP contribution < -0.4 is 15.8 Å². The summed E-state index contributed by atoms with van der Waals surface area (Å²) >= 11 is 0. The summed E-state index contributed by atoms with van der Waals surface area (Å²) < 4.78 is 6.85. The number of para-hydroxylation sites is 2. The van der Waals surface area contributed by atoms with Gasteiger partial charge in [-0.15, -0.1) is 0 Å². The minimum atomic E-state index is -0.325. The fourth-order valence-electron chi connectivity index (χ4n) is 3.39. The number of carbonyl (C=O) groups excluding carboxylic acids is 1. The lowest BCUT2D eigenvalue weighted by atomic mass is 10.2. The summed E-state index contributed by atoms with van der Waals surface area (Å²) in [6.07, 6.45) is 2.34. The molecule has 2 aromatic heterocycles. The topological polar surface area (TPSA) is 128 Å².